The van der Waals surface area contributed by atoms with E-state index in [1.54, 1.807) is 0 Å². The lowest BCUT2D eigenvalue weighted by molar-refractivity contribution is 0.590. The van der Waals surface area contributed by atoms with E-state index < -0.39 is 0 Å². The van der Waals surface area contributed by atoms with E-state index in [9.17, 15) is 0 Å². The summed E-state index contributed by atoms with van der Waals surface area (Å²) in [4.78, 5) is 7.74. The topological polar surface area (TPSA) is 9.72 Å². The van der Waals surface area contributed by atoms with E-state index in [4.69, 9.17) is 0 Å². The summed E-state index contributed by atoms with van der Waals surface area (Å²) in [5, 5.41) is 0. The highest BCUT2D eigenvalue weighted by Gasteiger charge is 2.47. The summed E-state index contributed by atoms with van der Waals surface area (Å²) in [6.45, 7) is 32.6. The molecule has 2 aliphatic heterocycles. The average Bonchev–Trinajstić information content (AvgIpc) is 3.92. The molecule has 77 heavy (non-hydrogen) atoms. The molecule has 0 atom stereocenters. The largest absolute Gasteiger partial charge is 0.311 e. The fourth-order valence-corrected chi connectivity index (χ4v) is 12.7. The smallest absolute Gasteiger partial charge is 0.252 e. The summed E-state index contributed by atoms with van der Waals surface area (Å²) < 4.78 is 0. The van der Waals surface area contributed by atoms with Crippen molar-refractivity contribution in [2.75, 3.05) is 14.7 Å². The Morgan fingerprint density at radius 1 is 0.364 bits per heavy atom. The second-order valence-electron chi connectivity index (χ2n) is 26.8. The molecule has 3 aliphatic rings. The first kappa shape index (κ1) is 50.3. The Morgan fingerprint density at radius 3 is 1.47 bits per heavy atom. The highest BCUT2D eigenvalue weighted by atomic mass is 15.2. The first-order chi connectivity index (χ1) is 36.5. The molecule has 0 unspecified atom stereocenters. The molecule has 1 aliphatic carbocycles. The van der Waals surface area contributed by atoms with Crippen molar-refractivity contribution < 1.29 is 0 Å². The van der Waals surface area contributed by atoms with Crippen LogP contribution in [0.4, 0.5) is 51.2 Å². The summed E-state index contributed by atoms with van der Waals surface area (Å²) in [6.07, 6.45) is 0. The van der Waals surface area contributed by atoms with Gasteiger partial charge in [-0.05, 0) is 166 Å². The van der Waals surface area contributed by atoms with Gasteiger partial charge in [-0.2, -0.15) is 0 Å². The van der Waals surface area contributed by atoms with Gasteiger partial charge in [0, 0.05) is 50.9 Å². The van der Waals surface area contributed by atoms with Gasteiger partial charge in [-0.1, -0.05) is 218 Å². The monoisotopic (exact) mass is 1000 g/mol. The minimum Gasteiger partial charge on any atom is -0.311 e. The molecule has 0 saturated carbocycles. The van der Waals surface area contributed by atoms with Gasteiger partial charge in [0.25, 0.3) is 6.71 Å². The number of rotatable bonds is 6. The van der Waals surface area contributed by atoms with Crippen LogP contribution in [-0.4, -0.2) is 6.71 Å². The number of hydrogen-bond donors (Lipinski definition) is 0. The third kappa shape index (κ3) is 8.42. The molecule has 9 aromatic carbocycles. The Morgan fingerprint density at radius 2 is 0.883 bits per heavy atom. The van der Waals surface area contributed by atoms with Gasteiger partial charge < -0.3 is 14.7 Å². The molecular weight excluding hydrogens is 930 g/mol. The van der Waals surface area contributed by atoms with Crippen LogP contribution < -0.4 is 31.1 Å². The van der Waals surface area contributed by atoms with Crippen molar-refractivity contribution in [2.45, 2.75) is 124 Å². The fraction of sp³-hybridized carbons (Fsp3) is 0.260. The summed E-state index contributed by atoms with van der Waals surface area (Å²) in [6, 6.07) is 74.7. The Labute approximate surface area is 460 Å². The van der Waals surface area contributed by atoms with Gasteiger partial charge in [0.05, 0.1) is 5.69 Å². The molecule has 9 aromatic rings. The lowest BCUT2D eigenvalue weighted by atomic mass is 9.33. The number of benzene rings is 9. The Bertz CT molecular complexity index is 3690. The summed E-state index contributed by atoms with van der Waals surface area (Å²) in [7, 11) is 0. The molecule has 4 heteroatoms. The van der Waals surface area contributed by atoms with Gasteiger partial charge in [-0.15, -0.1) is 0 Å². The van der Waals surface area contributed by atoms with Gasteiger partial charge in [0.2, 0.25) is 0 Å². The maximum absolute atomic E-state index is 2.69. The molecular formula is C73H74BN3. The zero-order valence-corrected chi connectivity index (χ0v) is 47.9. The molecule has 0 spiro atoms. The summed E-state index contributed by atoms with van der Waals surface area (Å²) in [5.41, 5.74) is 27.2. The average molecular weight is 1000 g/mol. The highest BCUT2D eigenvalue weighted by Crippen LogP contribution is 2.56. The maximum Gasteiger partial charge on any atom is 0.252 e. The van der Waals surface area contributed by atoms with E-state index in [2.05, 4.69) is 306 Å². The van der Waals surface area contributed by atoms with Crippen LogP contribution >= 0.6 is 0 Å². The zero-order valence-electron chi connectivity index (χ0n) is 47.9. The van der Waals surface area contributed by atoms with Gasteiger partial charge in [-0.25, -0.2) is 0 Å². The molecule has 0 fully saturated rings. The van der Waals surface area contributed by atoms with E-state index in [1.165, 1.54) is 100 Å². The molecule has 12 rings (SSSR count). The zero-order chi connectivity index (χ0) is 54.1. The minimum atomic E-state index is -0.271. The highest BCUT2D eigenvalue weighted by molar-refractivity contribution is 7.00. The molecule has 0 radical (unpaired) electrons. The van der Waals surface area contributed by atoms with Crippen LogP contribution in [0.5, 0.6) is 0 Å². The Hall–Kier alpha value is -7.56. The van der Waals surface area contributed by atoms with Crippen LogP contribution in [0.3, 0.4) is 0 Å². The molecule has 3 nitrogen and oxygen atoms in total. The molecule has 0 bridgehead atoms. The van der Waals surface area contributed by atoms with Crippen LogP contribution in [-0.2, 0) is 27.1 Å². The molecule has 2 heterocycles. The van der Waals surface area contributed by atoms with Crippen molar-refractivity contribution in [3.63, 3.8) is 0 Å². The quantitative estimate of drug-likeness (QED) is 0.154. The fourth-order valence-electron chi connectivity index (χ4n) is 12.7. The van der Waals surface area contributed by atoms with E-state index in [-0.39, 0.29) is 33.8 Å². The lowest BCUT2D eigenvalue weighted by Crippen LogP contribution is -2.61. The van der Waals surface area contributed by atoms with E-state index in [0.717, 1.165) is 22.7 Å². The standard InChI is InChI=1S/C73H74BN3/c1-69(2,3)49-28-34-53(35-29-49)75(54-36-30-50(31-37-54)70(4,5)6)56-40-41-60-64(46-56)77(63-26-20-24-58-57-23-18-19-25-59(57)73(13,14)67(58)63)66-45-52(72(10,11)12)44-65-68(66)74(60)61-43-48(47-21-16-15-17-22-47)27-42-62(61)76(65)55-38-32-51(33-39-55)71(7,8)9/h15-46H,1-14H3. The molecule has 0 amide bonds. The Balaban J connectivity index is 1.19. The van der Waals surface area contributed by atoms with Crippen LogP contribution in [0, 0.1) is 0 Å². The minimum absolute atomic E-state index is 0.0209. The van der Waals surface area contributed by atoms with Crippen molar-refractivity contribution in [3.8, 4) is 22.3 Å². The van der Waals surface area contributed by atoms with Crippen molar-refractivity contribution >= 4 is 74.3 Å². The predicted molar refractivity (Wildman–Crippen MR) is 333 cm³/mol. The predicted octanol–water partition coefficient (Wildman–Crippen LogP) is 18.4. The van der Waals surface area contributed by atoms with Crippen LogP contribution in [0.2, 0.25) is 0 Å². The SMILES string of the molecule is CC(C)(C)c1ccc(N(c2ccc(C(C)(C)C)cc2)c2ccc3c(c2)N(c2cccc4c2C(C)(C)c2ccccc2-4)c2cc(C(C)(C)C)cc4c2B3c2cc(-c3ccccc3)ccc2N4c2ccc(C(C)(C)C)cc2)cc1. The van der Waals surface area contributed by atoms with Gasteiger partial charge >= 0.3 is 0 Å². The first-order valence-electron chi connectivity index (χ1n) is 28.0. The van der Waals surface area contributed by atoms with E-state index in [1.807, 2.05) is 0 Å². The first-order valence-corrected chi connectivity index (χ1v) is 28.0. The van der Waals surface area contributed by atoms with Gasteiger partial charge in [-0.3, -0.25) is 0 Å². The molecule has 384 valence electrons. The third-order valence-corrected chi connectivity index (χ3v) is 17.1. The normalized spacial score (nSPS) is 14.4. The summed E-state index contributed by atoms with van der Waals surface area (Å²) >= 11 is 0. The van der Waals surface area contributed by atoms with E-state index >= 15 is 0 Å². The Kier molecular flexibility index (Phi) is 11.6. The van der Waals surface area contributed by atoms with Crippen molar-refractivity contribution in [1.29, 1.82) is 0 Å². The maximum atomic E-state index is 2.69. The lowest BCUT2D eigenvalue weighted by Gasteiger charge is -2.46. The molecule has 0 N–H and O–H groups in total. The van der Waals surface area contributed by atoms with Crippen molar-refractivity contribution in [3.05, 3.63) is 228 Å². The number of nitrogens with zero attached hydrogens (tertiary/aromatic N) is 3. The van der Waals surface area contributed by atoms with Crippen molar-refractivity contribution in [1.82, 2.24) is 0 Å². The summed E-state index contributed by atoms with van der Waals surface area (Å²) in [5.74, 6) is 0. The second-order valence-corrected chi connectivity index (χ2v) is 26.8. The second kappa shape index (κ2) is 17.7. The van der Waals surface area contributed by atoms with Crippen LogP contribution in [0.25, 0.3) is 22.3 Å². The number of fused-ring (bicyclic) bond motifs is 7. The van der Waals surface area contributed by atoms with E-state index in [0.29, 0.717) is 0 Å². The van der Waals surface area contributed by atoms with Crippen LogP contribution in [0.1, 0.15) is 130 Å². The number of hydrogen-bond acceptors (Lipinski definition) is 3. The van der Waals surface area contributed by atoms with Gasteiger partial charge in [0.15, 0.2) is 0 Å². The number of anilines is 9. The van der Waals surface area contributed by atoms with Crippen LogP contribution in [0.15, 0.2) is 194 Å². The van der Waals surface area contributed by atoms with Crippen molar-refractivity contribution in [2.24, 2.45) is 0 Å². The molecule has 0 aromatic heterocycles. The van der Waals surface area contributed by atoms with Gasteiger partial charge in [0.1, 0.15) is 0 Å². The third-order valence-electron chi connectivity index (χ3n) is 17.1. The molecule has 0 saturated heterocycles.